The molecule has 0 saturated heterocycles. The number of nitrogens with two attached hydrogens (primary N) is 1. The second-order valence-corrected chi connectivity index (χ2v) is 7.29. The fourth-order valence-electron chi connectivity index (χ4n) is 2.86. The van der Waals surface area contributed by atoms with E-state index < -0.39 is 0 Å². The quantitative estimate of drug-likeness (QED) is 0.282. The molecule has 30 heavy (non-hydrogen) atoms. The summed E-state index contributed by atoms with van der Waals surface area (Å²) in [4.78, 5) is 10.5. The van der Waals surface area contributed by atoms with E-state index >= 15 is 0 Å². The van der Waals surface area contributed by atoms with Crippen LogP contribution in [-0.4, -0.2) is 24.2 Å². The van der Waals surface area contributed by atoms with Crippen LogP contribution in [0.25, 0.3) is 11.0 Å². The van der Waals surface area contributed by atoms with E-state index in [1.807, 2.05) is 66.7 Å². The van der Waals surface area contributed by atoms with Gasteiger partial charge in [0, 0.05) is 34.5 Å². The summed E-state index contributed by atoms with van der Waals surface area (Å²) in [6.45, 7) is 0. The first-order chi connectivity index (χ1) is 14.6. The number of para-hydroxylation sites is 2. The fourth-order valence-corrected chi connectivity index (χ4v) is 3.56. The van der Waals surface area contributed by atoms with Gasteiger partial charge in [0.25, 0.3) is 0 Å². The summed E-state index contributed by atoms with van der Waals surface area (Å²) >= 11 is 1.41. The summed E-state index contributed by atoms with van der Waals surface area (Å²) in [5.41, 5.74) is 8.94. The van der Waals surface area contributed by atoms with Gasteiger partial charge in [0.15, 0.2) is 11.6 Å². The molecular formula is C22H21N5O2S. The third-order valence-corrected chi connectivity index (χ3v) is 5.09. The van der Waals surface area contributed by atoms with Crippen molar-refractivity contribution in [1.82, 2.24) is 9.97 Å². The molecule has 3 aromatic carbocycles. The lowest BCUT2D eigenvalue weighted by Gasteiger charge is -2.14. The van der Waals surface area contributed by atoms with Crippen LogP contribution in [0, 0.1) is 0 Å². The van der Waals surface area contributed by atoms with E-state index in [0.29, 0.717) is 28.8 Å². The number of fused-ring (bicyclic) bond motifs is 1. The molecular weight excluding hydrogens is 398 g/mol. The maximum Gasteiger partial charge on any atom is 0.180 e. The molecule has 0 spiro atoms. The van der Waals surface area contributed by atoms with Crippen molar-refractivity contribution in [2.24, 2.45) is 0 Å². The highest BCUT2D eigenvalue weighted by Crippen LogP contribution is 2.32. The van der Waals surface area contributed by atoms with Crippen molar-refractivity contribution in [3.63, 3.8) is 0 Å². The molecule has 0 radical (unpaired) electrons. The minimum absolute atomic E-state index is 0.584. The van der Waals surface area contributed by atoms with Gasteiger partial charge in [-0.2, -0.15) is 0 Å². The standard InChI is InChI=1S/C22H21N5O2S/c1-28-16-11-15(12-17(13-16)29-2)24-21-22(26-20-9-4-3-8-19(20)25-21)27-30-18-7-5-6-14(23)10-18/h3-13H,23H2,1-2H3,(H,24,25)(H,26,27). The molecule has 7 nitrogen and oxygen atoms in total. The van der Waals surface area contributed by atoms with Crippen molar-refractivity contribution < 1.29 is 9.47 Å². The molecule has 0 saturated carbocycles. The highest BCUT2D eigenvalue weighted by atomic mass is 32.2. The topological polar surface area (TPSA) is 94.3 Å². The first-order valence-electron chi connectivity index (χ1n) is 9.20. The second kappa shape index (κ2) is 8.79. The Morgan fingerprint density at radius 2 is 1.47 bits per heavy atom. The molecule has 0 aliphatic heterocycles. The number of rotatable bonds is 7. The number of nitrogens with zero attached hydrogens (tertiary/aromatic N) is 2. The van der Waals surface area contributed by atoms with Crippen LogP contribution in [0.15, 0.2) is 71.6 Å². The number of nitrogen functional groups attached to an aromatic ring is 1. The Morgan fingerprint density at radius 3 is 2.10 bits per heavy atom. The predicted molar refractivity (Wildman–Crippen MR) is 123 cm³/mol. The van der Waals surface area contributed by atoms with Crippen LogP contribution in [-0.2, 0) is 0 Å². The molecule has 4 rings (SSSR count). The molecule has 8 heteroatoms. The number of aromatic nitrogens is 2. The smallest absolute Gasteiger partial charge is 0.180 e. The number of benzene rings is 3. The molecule has 4 aromatic rings. The van der Waals surface area contributed by atoms with Gasteiger partial charge in [-0.25, -0.2) is 9.97 Å². The molecule has 0 atom stereocenters. The minimum Gasteiger partial charge on any atom is -0.497 e. The van der Waals surface area contributed by atoms with E-state index in [1.54, 1.807) is 14.2 Å². The normalized spacial score (nSPS) is 10.6. The van der Waals surface area contributed by atoms with Crippen molar-refractivity contribution in [3.05, 3.63) is 66.7 Å². The van der Waals surface area contributed by atoms with Gasteiger partial charge < -0.3 is 25.2 Å². The third-order valence-electron chi connectivity index (χ3n) is 4.31. The van der Waals surface area contributed by atoms with Gasteiger partial charge in [0.1, 0.15) is 11.5 Å². The Balaban J connectivity index is 1.69. The summed E-state index contributed by atoms with van der Waals surface area (Å²) < 4.78 is 14.0. The van der Waals surface area contributed by atoms with Gasteiger partial charge >= 0.3 is 0 Å². The Hall–Kier alpha value is -3.65. The van der Waals surface area contributed by atoms with Gasteiger partial charge in [-0.05, 0) is 42.3 Å². The minimum atomic E-state index is 0.584. The van der Waals surface area contributed by atoms with Gasteiger partial charge in [-0.3, -0.25) is 0 Å². The average molecular weight is 420 g/mol. The van der Waals surface area contributed by atoms with E-state index in [-0.39, 0.29) is 0 Å². The Labute approximate surface area is 178 Å². The number of hydrogen-bond donors (Lipinski definition) is 3. The molecule has 0 bridgehead atoms. The lowest BCUT2D eigenvalue weighted by Crippen LogP contribution is -2.02. The molecule has 0 unspecified atom stereocenters. The third kappa shape index (κ3) is 4.49. The summed E-state index contributed by atoms with van der Waals surface area (Å²) in [6.07, 6.45) is 0. The van der Waals surface area contributed by atoms with Gasteiger partial charge in [0.2, 0.25) is 0 Å². The monoisotopic (exact) mass is 419 g/mol. The van der Waals surface area contributed by atoms with Crippen LogP contribution in [0.1, 0.15) is 0 Å². The first kappa shape index (κ1) is 19.7. The SMILES string of the molecule is COc1cc(Nc2nc3ccccc3nc2NSc2cccc(N)c2)cc(OC)c1. The van der Waals surface area contributed by atoms with Gasteiger partial charge in [-0.15, -0.1) is 0 Å². The van der Waals surface area contributed by atoms with Crippen LogP contribution in [0.4, 0.5) is 23.0 Å². The zero-order valence-corrected chi connectivity index (χ0v) is 17.4. The largest absolute Gasteiger partial charge is 0.497 e. The number of methoxy groups -OCH3 is 2. The molecule has 4 N–H and O–H groups in total. The molecule has 0 fully saturated rings. The number of anilines is 4. The molecule has 0 amide bonds. The zero-order chi connectivity index (χ0) is 20.9. The number of hydrogen-bond acceptors (Lipinski definition) is 8. The zero-order valence-electron chi connectivity index (χ0n) is 16.5. The molecule has 152 valence electrons. The lowest BCUT2D eigenvalue weighted by atomic mass is 10.2. The highest BCUT2D eigenvalue weighted by Gasteiger charge is 2.11. The van der Waals surface area contributed by atoms with E-state index in [2.05, 4.69) is 10.0 Å². The summed E-state index contributed by atoms with van der Waals surface area (Å²) in [5, 5.41) is 3.33. The number of nitrogens with one attached hydrogen (secondary N) is 2. The molecule has 1 heterocycles. The fraction of sp³-hybridized carbons (Fsp3) is 0.0909. The van der Waals surface area contributed by atoms with Crippen molar-refractivity contribution >= 4 is 46.0 Å². The maximum absolute atomic E-state index is 5.88. The van der Waals surface area contributed by atoms with E-state index in [1.165, 1.54) is 11.9 Å². The lowest BCUT2D eigenvalue weighted by molar-refractivity contribution is 0.395. The predicted octanol–water partition coefficient (Wildman–Crippen LogP) is 5.09. The van der Waals surface area contributed by atoms with E-state index in [4.69, 9.17) is 25.2 Å². The van der Waals surface area contributed by atoms with E-state index in [0.717, 1.165) is 21.6 Å². The van der Waals surface area contributed by atoms with E-state index in [9.17, 15) is 0 Å². The van der Waals surface area contributed by atoms with Gasteiger partial charge in [-0.1, -0.05) is 18.2 Å². The Kier molecular flexibility index (Phi) is 5.76. The average Bonchev–Trinajstić information content (AvgIpc) is 2.77. The van der Waals surface area contributed by atoms with Crippen molar-refractivity contribution in [2.75, 3.05) is 30.0 Å². The molecule has 0 aliphatic carbocycles. The highest BCUT2D eigenvalue weighted by molar-refractivity contribution is 8.00. The second-order valence-electron chi connectivity index (χ2n) is 6.41. The van der Waals surface area contributed by atoms with Crippen molar-refractivity contribution in [2.45, 2.75) is 4.90 Å². The van der Waals surface area contributed by atoms with Crippen LogP contribution >= 0.6 is 11.9 Å². The summed E-state index contributed by atoms with van der Waals surface area (Å²) in [7, 11) is 3.23. The number of ether oxygens (including phenoxy) is 2. The Bertz CT molecular complexity index is 1160. The Morgan fingerprint density at radius 1 is 0.800 bits per heavy atom. The summed E-state index contributed by atoms with van der Waals surface area (Å²) in [6, 6.07) is 20.9. The van der Waals surface area contributed by atoms with Crippen LogP contribution in [0.5, 0.6) is 11.5 Å². The molecule has 1 aromatic heterocycles. The van der Waals surface area contributed by atoms with Crippen LogP contribution in [0.2, 0.25) is 0 Å². The maximum atomic E-state index is 5.88. The first-order valence-corrected chi connectivity index (χ1v) is 10.0. The van der Waals surface area contributed by atoms with Crippen molar-refractivity contribution in [1.29, 1.82) is 0 Å². The molecule has 0 aliphatic rings. The van der Waals surface area contributed by atoms with Crippen molar-refractivity contribution in [3.8, 4) is 11.5 Å². The van der Waals surface area contributed by atoms with Crippen LogP contribution in [0.3, 0.4) is 0 Å². The summed E-state index contributed by atoms with van der Waals surface area (Å²) in [5.74, 6) is 2.53. The van der Waals surface area contributed by atoms with Gasteiger partial charge in [0.05, 0.1) is 25.3 Å². The van der Waals surface area contributed by atoms with Crippen LogP contribution < -0.4 is 25.2 Å².